The van der Waals surface area contributed by atoms with Crippen molar-refractivity contribution in [3.05, 3.63) is 77.9 Å². The van der Waals surface area contributed by atoms with Gasteiger partial charge in [-0.25, -0.2) is 4.79 Å². The molecule has 1 aromatic carbocycles. The van der Waals surface area contributed by atoms with Gasteiger partial charge < -0.3 is 39.2 Å². The maximum absolute atomic E-state index is 14.5. The molecular weight excluding hydrogens is 911 g/mol. The largest absolute Gasteiger partial charge is 0.460 e. The van der Waals surface area contributed by atoms with Crippen molar-refractivity contribution in [3.63, 3.8) is 0 Å². The predicted octanol–water partition coefficient (Wildman–Crippen LogP) is 8.33. The summed E-state index contributed by atoms with van der Waals surface area (Å²) in [5.74, 6) is -7.91. The molecule has 70 heavy (non-hydrogen) atoms. The first kappa shape index (κ1) is 57.1. The van der Waals surface area contributed by atoms with Gasteiger partial charge in [-0.05, 0) is 120 Å². The number of benzene rings is 1. The lowest BCUT2D eigenvalue weighted by molar-refractivity contribution is -0.263. The van der Waals surface area contributed by atoms with E-state index in [1.165, 1.54) is 12.0 Å². The van der Waals surface area contributed by atoms with Crippen LogP contribution in [-0.2, 0) is 42.9 Å². The van der Waals surface area contributed by atoms with Gasteiger partial charge in [0.2, 0.25) is 5.79 Å². The average Bonchev–Trinajstić information content (AvgIpc) is 3.34. The molecule has 0 aromatic heterocycles. The highest BCUT2D eigenvalue weighted by Gasteiger charge is 2.53. The zero-order chi connectivity index (χ0) is 51.3. The van der Waals surface area contributed by atoms with Gasteiger partial charge in [0.15, 0.2) is 5.78 Å². The number of ketones is 3. The number of Topliss-reactive ketones (excluding diaryl/α,β-unsaturated/α-hetero) is 3. The molecule has 0 spiro atoms. The molecule has 1 aromatic rings. The number of aliphatic hydroxyl groups excluding tert-OH is 2. The van der Waals surface area contributed by atoms with Crippen LogP contribution < -0.4 is 0 Å². The number of esters is 1. The van der Waals surface area contributed by atoms with Gasteiger partial charge in [-0.3, -0.25) is 19.2 Å². The van der Waals surface area contributed by atoms with Crippen LogP contribution in [0.5, 0.6) is 0 Å². The molecule has 15 atom stereocenters. The summed E-state index contributed by atoms with van der Waals surface area (Å²) >= 11 is 1.65. The van der Waals surface area contributed by atoms with Crippen LogP contribution in [0, 0.1) is 35.5 Å². The Balaban J connectivity index is 1.49. The molecule has 388 valence electrons. The third-order valence-corrected chi connectivity index (χ3v) is 16.6. The number of amides is 1. The van der Waals surface area contributed by atoms with Crippen molar-refractivity contribution < 1.29 is 58.2 Å². The Kier molecular flexibility index (Phi) is 21.9. The molecule has 0 radical (unpaired) electrons. The summed E-state index contributed by atoms with van der Waals surface area (Å²) in [5, 5.41) is 34.1. The van der Waals surface area contributed by atoms with Gasteiger partial charge in [0.05, 0.1) is 18.3 Å². The Hall–Kier alpha value is -3.76. The molecule has 1 saturated carbocycles. The number of piperidine rings is 1. The molecule has 3 N–H and O–H groups in total. The van der Waals surface area contributed by atoms with Gasteiger partial charge >= 0.3 is 5.97 Å². The number of thioether (sulfide) groups is 1. The zero-order valence-corrected chi connectivity index (χ0v) is 43.8. The van der Waals surface area contributed by atoms with Gasteiger partial charge in [-0.15, -0.1) is 11.8 Å². The third-order valence-electron chi connectivity index (χ3n) is 15.2. The molecule has 3 aliphatic heterocycles. The number of allylic oxidation sites excluding steroid dienone is 6. The van der Waals surface area contributed by atoms with E-state index >= 15 is 0 Å². The number of rotatable bonds is 7. The Morgan fingerprint density at radius 2 is 1.59 bits per heavy atom. The van der Waals surface area contributed by atoms with Crippen LogP contribution in [0.2, 0.25) is 0 Å². The van der Waals surface area contributed by atoms with E-state index in [1.54, 1.807) is 45.7 Å². The number of nitrogens with zero attached hydrogens (tertiary/aromatic N) is 1. The summed E-state index contributed by atoms with van der Waals surface area (Å²) in [6.07, 6.45) is 12.2. The van der Waals surface area contributed by atoms with Gasteiger partial charge in [0, 0.05) is 55.1 Å². The molecule has 1 aliphatic carbocycles. The van der Waals surface area contributed by atoms with Crippen LogP contribution in [0.4, 0.5) is 0 Å². The fourth-order valence-electron chi connectivity index (χ4n) is 10.6. The van der Waals surface area contributed by atoms with E-state index < -0.39 is 77.8 Å². The summed E-state index contributed by atoms with van der Waals surface area (Å²) in [7, 11) is 2.96. The van der Waals surface area contributed by atoms with E-state index in [0.717, 1.165) is 16.9 Å². The molecular formula is C56H81NO12S. The highest BCUT2D eigenvalue weighted by Crippen LogP contribution is 2.40. The van der Waals surface area contributed by atoms with Crippen molar-refractivity contribution in [2.24, 2.45) is 35.5 Å². The first-order chi connectivity index (χ1) is 33.3. The molecule has 5 rings (SSSR count). The lowest BCUT2D eigenvalue weighted by atomic mass is 9.78. The highest BCUT2D eigenvalue weighted by atomic mass is 32.2. The molecule has 9 unspecified atom stereocenters. The lowest BCUT2D eigenvalue weighted by Gasteiger charge is -2.43. The van der Waals surface area contributed by atoms with Gasteiger partial charge in [-0.1, -0.05) is 94.8 Å². The molecule has 14 heteroatoms. The summed E-state index contributed by atoms with van der Waals surface area (Å²) in [5.41, 5.74) is 1.42. The maximum atomic E-state index is 14.5. The molecule has 2 saturated heterocycles. The van der Waals surface area contributed by atoms with E-state index in [4.69, 9.17) is 18.9 Å². The Morgan fingerprint density at radius 3 is 2.29 bits per heavy atom. The van der Waals surface area contributed by atoms with Crippen LogP contribution in [-0.4, -0.2) is 124 Å². The lowest BCUT2D eigenvalue weighted by Crippen LogP contribution is -2.60. The standard InChI is InChI=1S/C56H81NO12S/c1-34-18-12-10-13-19-35(2)49(70-43-20-14-11-15-21-43)32-42-25-23-40(7)56(65,69-42)53(62)54(63)57-27-17-16-22-44(57)55(64)68-47(37(4)30-41-24-26-45(58)48(31-41)66-8)33-46(59)36(3)29-39(6)51(61)52(67-9)50(60)38(5)28-34/h10-15,18-21,29,34,36-38,40-42,44-45,47-49,51-52,58,61,65H,16-17,22-28,30-33H2,1-9H3/b13-10+,18-12+,35-19+,39-29+/t34-,36-,37-,38?,40?,41?,42+,44?,45-,47?,48?,49?,51?,52+,56?/m1/s1. The monoisotopic (exact) mass is 992 g/mol. The number of hydrogen-bond donors (Lipinski definition) is 3. The minimum atomic E-state index is -2.42. The van der Waals surface area contributed by atoms with E-state index in [2.05, 4.69) is 0 Å². The number of aliphatic hydroxyl groups is 3. The van der Waals surface area contributed by atoms with Crippen molar-refractivity contribution in [2.75, 3.05) is 20.8 Å². The minimum absolute atomic E-state index is 0.0190. The van der Waals surface area contributed by atoms with Gasteiger partial charge in [-0.2, -0.15) is 0 Å². The van der Waals surface area contributed by atoms with Crippen LogP contribution in [0.15, 0.2) is 82.8 Å². The highest BCUT2D eigenvalue weighted by molar-refractivity contribution is 8.00. The van der Waals surface area contributed by atoms with E-state index in [9.17, 15) is 39.3 Å². The van der Waals surface area contributed by atoms with Gasteiger partial charge in [0.25, 0.3) is 11.7 Å². The first-order valence-corrected chi connectivity index (χ1v) is 26.5. The quantitative estimate of drug-likeness (QED) is 0.135. The minimum Gasteiger partial charge on any atom is -0.460 e. The second kappa shape index (κ2) is 26.8. The maximum Gasteiger partial charge on any atom is 0.329 e. The number of carbonyl (C=O) groups is 5. The number of fused-ring (bicyclic) bond motifs is 3. The van der Waals surface area contributed by atoms with Crippen molar-refractivity contribution in [1.29, 1.82) is 0 Å². The normalized spacial score (nSPS) is 38.3. The van der Waals surface area contributed by atoms with Crippen molar-refractivity contribution in [1.82, 2.24) is 4.90 Å². The van der Waals surface area contributed by atoms with Crippen molar-refractivity contribution in [2.45, 2.75) is 184 Å². The van der Waals surface area contributed by atoms with Crippen molar-refractivity contribution >= 4 is 41.0 Å². The fraction of sp³-hybridized carbons (Fsp3) is 0.661. The average molecular weight is 992 g/mol. The zero-order valence-electron chi connectivity index (χ0n) is 43.0. The second-order valence-electron chi connectivity index (χ2n) is 20.8. The first-order valence-electron chi connectivity index (χ1n) is 25.6. The summed E-state index contributed by atoms with van der Waals surface area (Å²) in [6.45, 7) is 12.9. The smallest absolute Gasteiger partial charge is 0.329 e. The van der Waals surface area contributed by atoms with Gasteiger partial charge in [0.1, 0.15) is 30.1 Å². The molecule has 2 bridgehead atoms. The topological polar surface area (TPSA) is 186 Å². The molecule has 4 aliphatic rings. The van der Waals surface area contributed by atoms with Crippen molar-refractivity contribution in [3.8, 4) is 0 Å². The molecule has 1 amide bonds. The summed E-state index contributed by atoms with van der Waals surface area (Å²) < 4.78 is 23.9. The van der Waals surface area contributed by atoms with E-state index in [-0.39, 0.29) is 60.1 Å². The second-order valence-corrected chi connectivity index (χ2v) is 22.1. The predicted molar refractivity (Wildman–Crippen MR) is 270 cm³/mol. The van der Waals surface area contributed by atoms with Crippen LogP contribution >= 0.6 is 11.8 Å². The third kappa shape index (κ3) is 15.1. The summed E-state index contributed by atoms with van der Waals surface area (Å²) in [4.78, 5) is 73.6. The van der Waals surface area contributed by atoms with E-state index in [0.29, 0.717) is 63.4 Å². The number of cyclic esters (lactones) is 1. The Morgan fingerprint density at radius 1 is 0.857 bits per heavy atom. The van der Waals surface area contributed by atoms with E-state index in [1.807, 2.05) is 88.4 Å². The van der Waals surface area contributed by atoms with Crippen LogP contribution in [0.3, 0.4) is 0 Å². The summed E-state index contributed by atoms with van der Waals surface area (Å²) in [6, 6.07) is 8.81. The fourth-order valence-corrected chi connectivity index (χ4v) is 11.9. The SMILES string of the molecule is COC1CC(C[C@@H](C)C2CC(=O)[C@H](C)/C=C(\C)C(O)[C@@H](OC)C(=O)C(C)C[C@H](C)/C=C/C=C/C=C(\C)C(Sc3ccccc3)C[C@@H]3CCC(C)C(O)(O3)C(=O)C(=O)N3CCCCC3C(=O)O2)CC[C@H]1O. The Bertz CT molecular complexity index is 2050. The molecule has 3 heterocycles. The van der Waals surface area contributed by atoms with Crippen LogP contribution in [0.1, 0.15) is 126 Å². The number of carbonyl (C=O) groups excluding carboxylic acids is 5. The number of ether oxygens (including phenoxy) is 4. The molecule has 3 fully saturated rings. The number of methoxy groups -OCH3 is 2. The van der Waals surface area contributed by atoms with Crippen LogP contribution in [0.25, 0.3) is 0 Å². The number of hydrogen-bond acceptors (Lipinski definition) is 13. The Labute approximate surface area is 420 Å². The molecule has 13 nitrogen and oxygen atoms in total.